The number of hydrogen-bond acceptors (Lipinski definition) is 6. The molecule has 0 aromatic heterocycles. The summed E-state index contributed by atoms with van der Waals surface area (Å²) in [7, 11) is -2.83. The van der Waals surface area contributed by atoms with Gasteiger partial charge in [-0.05, 0) is 35.9 Å². The maximum Gasteiger partial charge on any atom is 0.322 e. The number of allylic oxidation sites excluding steroid dienone is 1. The number of amides is 1. The summed E-state index contributed by atoms with van der Waals surface area (Å²) in [5.74, 6) is -2.99. The van der Waals surface area contributed by atoms with Crippen LogP contribution in [0, 0.1) is 0 Å². The van der Waals surface area contributed by atoms with Gasteiger partial charge in [-0.25, -0.2) is 8.42 Å². The Morgan fingerprint density at radius 1 is 1.10 bits per heavy atom. The van der Waals surface area contributed by atoms with E-state index in [0.29, 0.717) is 5.56 Å². The van der Waals surface area contributed by atoms with Gasteiger partial charge in [-0.1, -0.05) is 30.3 Å². The molecule has 1 amide bonds. The van der Waals surface area contributed by atoms with Crippen molar-refractivity contribution in [3.8, 4) is 0 Å². The highest BCUT2D eigenvalue weighted by atomic mass is 32.2. The molecule has 0 bridgehead atoms. The van der Waals surface area contributed by atoms with Crippen LogP contribution in [0.25, 0.3) is 11.8 Å². The molecule has 0 spiro atoms. The lowest BCUT2D eigenvalue weighted by molar-refractivity contribution is -0.135. The Labute approximate surface area is 178 Å². The van der Waals surface area contributed by atoms with E-state index in [0.717, 1.165) is 10.4 Å². The summed E-state index contributed by atoms with van der Waals surface area (Å²) in [5, 5.41) is 21.4. The van der Waals surface area contributed by atoms with Crippen LogP contribution in [-0.2, 0) is 19.6 Å². The summed E-state index contributed by atoms with van der Waals surface area (Å²) in [6.07, 6.45) is 2.44. The van der Waals surface area contributed by atoms with Crippen LogP contribution >= 0.6 is 0 Å². The molecule has 1 heterocycles. The fraction of sp³-hybridized carbons (Fsp3) is 0.0952. The molecule has 1 aliphatic heterocycles. The zero-order valence-corrected chi connectivity index (χ0v) is 17.1. The van der Waals surface area contributed by atoms with Crippen molar-refractivity contribution in [3.05, 3.63) is 77.0 Å². The second-order valence-electron chi connectivity index (χ2n) is 6.57. The van der Waals surface area contributed by atoms with Gasteiger partial charge in [0.2, 0.25) is 5.78 Å². The summed E-state index contributed by atoms with van der Waals surface area (Å²) < 4.78 is 26.1. The maximum absolute atomic E-state index is 12.7. The van der Waals surface area contributed by atoms with Crippen LogP contribution in [0.2, 0.25) is 0 Å². The van der Waals surface area contributed by atoms with Gasteiger partial charge in [0.15, 0.2) is 5.76 Å². The molecular weight excluding hydrogens is 424 g/mol. The lowest BCUT2D eigenvalue weighted by atomic mass is 10.1. The molecule has 3 N–H and O–H groups in total. The minimum atomic E-state index is -4.00. The lowest BCUT2D eigenvalue weighted by Crippen LogP contribution is -2.34. The average Bonchev–Trinajstić information content (AvgIpc) is 2.75. The average molecular weight is 442 g/mol. The van der Waals surface area contributed by atoms with Crippen molar-refractivity contribution in [2.45, 2.75) is 4.90 Å². The van der Waals surface area contributed by atoms with Gasteiger partial charge in [-0.3, -0.25) is 18.7 Å². The fourth-order valence-electron chi connectivity index (χ4n) is 3.00. The van der Waals surface area contributed by atoms with E-state index in [4.69, 9.17) is 5.11 Å². The van der Waals surface area contributed by atoms with E-state index < -0.39 is 45.7 Å². The number of benzene rings is 2. The van der Waals surface area contributed by atoms with Gasteiger partial charge >= 0.3 is 5.97 Å². The van der Waals surface area contributed by atoms with Crippen molar-refractivity contribution < 1.29 is 33.0 Å². The van der Waals surface area contributed by atoms with Crippen molar-refractivity contribution in [1.29, 1.82) is 0 Å². The highest BCUT2D eigenvalue weighted by Gasteiger charge is 2.36. The van der Waals surface area contributed by atoms with Gasteiger partial charge in [0.25, 0.3) is 15.9 Å². The van der Waals surface area contributed by atoms with Crippen LogP contribution in [0.3, 0.4) is 0 Å². The fourth-order valence-corrected chi connectivity index (χ4v) is 4.40. The molecule has 0 atom stereocenters. The van der Waals surface area contributed by atoms with Gasteiger partial charge in [0.05, 0.1) is 4.90 Å². The third kappa shape index (κ3) is 4.33. The minimum absolute atomic E-state index is 0.0365. The minimum Gasteiger partial charge on any atom is -0.505 e. The first-order valence-electron chi connectivity index (χ1n) is 8.97. The first-order chi connectivity index (χ1) is 14.6. The van der Waals surface area contributed by atoms with Crippen LogP contribution in [0.5, 0.6) is 0 Å². The molecule has 0 saturated carbocycles. The number of nitrogens with zero attached hydrogens (tertiary/aromatic N) is 1. The Kier molecular flexibility index (Phi) is 5.93. The van der Waals surface area contributed by atoms with Crippen molar-refractivity contribution in [2.24, 2.45) is 0 Å². The Bertz CT molecular complexity index is 1250. The van der Waals surface area contributed by atoms with Crippen LogP contribution in [0.1, 0.15) is 21.5 Å². The number of ketones is 1. The largest absolute Gasteiger partial charge is 0.505 e. The second kappa shape index (κ2) is 8.44. The smallest absolute Gasteiger partial charge is 0.322 e. The molecule has 31 heavy (non-hydrogen) atoms. The number of hydrogen-bond donors (Lipinski definition) is 3. The molecule has 160 valence electrons. The quantitative estimate of drug-likeness (QED) is 0.578. The Balaban J connectivity index is 1.89. The zero-order valence-electron chi connectivity index (χ0n) is 16.3. The molecular formula is C21H18N2O7S. The number of fused-ring (bicyclic) bond motifs is 1. The normalized spacial score (nSPS) is 14.9. The highest BCUT2D eigenvalue weighted by Crippen LogP contribution is 2.34. The zero-order chi connectivity index (χ0) is 22.8. The number of carboxylic acid groups (broad SMARTS) is 1. The number of rotatable bonds is 6. The van der Waals surface area contributed by atoms with Gasteiger partial charge < -0.3 is 15.5 Å². The Morgan fingerprint density at radius 2 is 1.81 bits per heavy atom. The molecule has 2 aromatic rings. The molecule has 0 fully saturated rings. The highest BCUT2D eigenvalue weighted by molar-refractivity contribution is 7.89. The summed E-state index contributed by atoms with van der Waals surface area (Å²) in [6, 6.07) is 11.9. The van der Waals surface area contributed by atoms with Crippen molar-refractivity contribution >= 4 is 39.5 Å². The van der Waals surface area contributed by atoms with Crippen molar-refractivity contribution in [3.63, 3.8) is 0 Å². The summed E-state index contributed by atoms with van der Waals surface area (Å²) in [6.45, 7) is -0.535. The molecule has 0 radical (unpaired) electrons. The first-order valence-corrected chi connectivity index (χ1v) is 10.4. The number of nitrogens with one attached hydrogen (secondary N) is 1. The van der Waals surface area contributed by atoms with Crippen LogP contribution in [0.4, 0.5) is 0 Å². The first kappa shape index (κ1) is 21.8. The second-order valence-corrected chi connectivity index (χ2v) is 8.50. The van der Waals surface area contributed by atoms with E-state index in [9.17, 15) is 27.9 Å². The number of likely N-dealkylation sites (N-methyl/N-ethyl adjacent to an activating group) is 1. The van der Waals surface area contributed by atoms with Crippen molar-refractivity contribution in [2.75, 3.05) is 13.6 Å². The van der Waals surface area contributed by atoms with E-state index in [2.05, 4.69) is 5.32 Å². The number of aliphatic hydroxyl groups is 1. The molecule has 9 nitrogen and oxygen atoms in total. The molecule has 2 aromatic carbocycles. The van der Waals surface area contributed by atoms with Crippen LogP contribution in [-0.4, -0.2) is 54.2 Å². The SMILES string of the molecule is CN1C(C(=O)/C=C/c2cccc(C(=O)NCC(=O)O)c2)=C(O)c2ccccc2S1(=O)=O. The Hall–Kier alpha value is -3.92. The monoisotopic (exact) mass is 442 g/mol. The molecule has 0 unspecified atom stereocenters. The lowest BCUT2D eigenvalue weighted by Gasteiger charge is -2.27. The van der Waals surface area contributed by atoms with Gasteiger partial charge in [-0.15, -0.1) is 0 Å². The number of aliphatic hydroxyl groups excluding tert-OH is 1. The molecule has 0 aliphatic carbocycles. The molecule has 1 aliphatic rings. The van der Waals surface area contributed by atoms with Crippen molar-refractivity contribution in [1.82, 2.24) is 9.62 Å². The standard InChI is InChI=1S/C21H18N2O7S/c1-23-19(20(27)15-7-2-3-8-17(15)31(23,29)30)16(24)10-9-13-5-4-6-14(11-13)21(28)22-12-18(25)26/h2-11,27H,12H2,1H3,(H,22,28)(H,25,26)/b10-9+. The van der Waals surface area contributed by atoms with Gasteiger partial charge in [-0.2, -0.15) is 0 Å². The number of sulfonamides is 1. The maximum atomic E-state index is 12.7. The van der Waals surface area contributed by atoms with E-state index in [1.165, 1.54) is 43.5 Å². The number of carbonyl (C=O) groups is 3. The van der Waals surface area contributed by atoms with Gasteiger partial charge in [0, 0.05) is 18.2 Å². The number of aliphatic carboxylic acids is 1. The summed E-state index contributed by atoms with van der Waals surface area (Å²) in [4.78, 5) is 35.2. The third-order valence-corrected chi connectivity index (χ3v) is 6.34. The molecule has 3 rings (SSSR count). The van der Waals surface area contributed by atoms with Crippen LogP contribution in [0.15, 0.2) is 65.2 Å². The topological polar surface area (TPSA) is 141 Å². The third-order valence-electron chi connectivity index (χ3n) is 4.53. The predicted molar refractivity (Wildman–Crippen MR) is 111 cm³/mol. The number of carbonyl (C=O) groups excluding carboxylic acids is 2. The molecule has 10 heteroatoms. The van der Waals surface area contributed by atoms with Crippen LogP contribution < -0.4 is 5.32 Å². The van der Waals surface area contributed by atoms with Gasteiger partial charge in [0.1, 0.15) is 12.2 Å². The summed E-state index contributed by atoms with van der Waals surface area (Å²) in [5.41, 5.74) is 0.266. The molecule has 0 saturated heterocycles. The van der Waals surface area contributed by atoms with E-state index in [-0.39, 0.29) is 16.0 Å². The predicted octanol–water partition coefficient (Wildman–Crippen LogP) is 1.64. The Morgan fingerprint density at radius 3 is 2.52 bits per heavy atom. The van der Waals surface area contributed by atoms with E-state index in [1.807, 2.05) is 0 Å². The van der Waals surface area contributed by atoms with E-state index >= 15 is 0 Å². The number of carboxylic acids is 1. The van der Waals surface area contributed by atoms with E-state index in [1.54, 1.807) is 18.2 Å². The summed E-state index contributed by atoms with van der Waals surface area (Å²) >= 11 is 0.